The molecule has 0 aliphatic rings. The molecule has 22 rings (SSSR count). The van der Waals surface area contributed by atoms with E-state index in [9.17, 15) is 0 Å². The molecule has 0 aliphatic heterocycles. The standard InChI is InChI=1S/C102H60N6S4/c1-5-21-61(22-6-1)69-29-17-31-71(53-69)86-56-75(57-87-79-33-13-15-39-88(79)110-96(86)87)77-35-19-37-82-80-52-50-74(59-90(80)111-94(77)82)102-107-99(68-27-11-4-12-28-68)104-100(108-102)72-32-18-30-70(54-72)64-43-41-62(42-44-64)63-45-47-65(48-46-63)85-55-76(60-92-93(85)84-34-14-16-40-89(84)109-92)78-36-20-38-83-81-51-49-73(58-91(81)112-95(78)83)101-105-97(66-23-7-2-8-24-66)103-98(106-101)67-25-9-3-10-26-67/h1-60H. The van der Waals surface area contributed by atoms with Gasteiger partial charge in [0.1, 0.15) is 0 Å². The lowest BCUT2D eigenvalue weighted by Crippen LogP contribution is -2.00. The third kappa shape index (κ3) is 11.7. The number of rotatable bonds is 13. The topological polar surface area (TPSA) is 77.3 Å². The molecule has 0 aliphatic carbocycles. The van der Waals surface area contributed by atoms with Crippen molar-refractivity contribution < 1.29 is 0 Å². The zero-order chi connectivity index (χ0) is 73.7. The highest BCUT2D eigenvalue weighted by Crippen LogP contribution is 2.50. The van der Waals surface area contributed by atoms with Crippen molar-refractivity contribution in [2.45, 2.75) is 0 Å². The molecule has 6 aromatic heterocycles. The highest BCUT2D eigenvalue weighted by Gasteiger charge is 2.23. The lowest BCUT2D eigenvalue weighted by atomic mass is 9.92. The Labute approximate surface area is 661 Å². The largest absolute Gasteiger partial charge is 0.208 e. The Hall–Kier alpha value is -13.6. The van der Waals surface area contributed by atoms with Gasteiger partial charge in [-0.25, -0.2) is 29.9 Å². The smallest absolute Gasteiger partial charge is 0.164 e. The van der Waals surface area contributed by atoms with E-state index in [-0.39, 0.29) is 0 Å². The van der Waals surface area contributed by atoms with E-state index in [0.29, 0.717) is 34.9 Å². The average molecular weight is 1500 g/mol. The van der Waals surface area contributed by atoms with E-state index >= 15 is 0 Å². The van der Waals surface area contributed by atoms with Gasteiger partial charge in [0.05, 0.1) is 0 Å². The number of aromatic nitrogens is 6. The molecular formula is C102H60N6S4. The van der Waals surface area contributed by atoms with E-state index in [1.54, 1.807) is 0 Å². The van der Waals surface area contributed by atoms with Crippen LogP contribution < -0.4 is 0 Å². The molecule has 0 bridgehead atoms. The second-order valence-electron chi connectivity index (χ2n) is 28.4. The lowest BCUT2D eigenvalue weighted by Gasteiger charge is -2.12. The summed E-state index contributed by atoms with van der Waals surface area (Å²) >= 11 is 7.40. The maximum absolute atomic E-state index is 5.33. The molecule has 112 heavy (non-hydrogen) atoms. The molecule has 0 radical (unpaired) electrons. The monoisotopic (exact) mass is 1500 g/mol. The molecule has 0 fully saturated rings. The van der Waals surface area contributed by atoms with Crippen LogP contribution in [0.4, 0.5) is 0 Å². The van der Waals surface area contributed by atoms with Crippen LogP contribution in [0.1, 0.15) is 0 Å². The van der Waals surface area contributed by atoms with Crippen LogP contribution in [-0.4, -0.2) is 29.9 Å². The number of fused-ring (bicyclic) bond motifs is 12. The quantitative estimate of drug-likeness (QED) is 0.114. The van der Waals surface area contributed by atoms with E-state index in [1.165, 1.54) is 136 Å². The van der Waals surface area contributed by atoms with Gasteiger partial charge < -0.3 is 0 Å². The van der Waals surface area contributed by atoms with Crippen LogP contribution in [0.15, 0.2) is 364 Å². The van der Waals surface area contributed by atoms with Gasteiger partial charge in [-0.3, -0.25) is 0 Å². The van der Waals surface area contributed by atoms with Crippen LogP contribution in [0.5, 0.6) is 0 Å². The maximum atomic E-state index is 5.33. The number of hydrogen-bond donors (Lipinski definition) is 0. The first-order chi connectivity index (χ1) is 55.4. The molecule has 0 amide bonds. The Kier molecular flexibility index (Phi) is 15.9. The fourth-order valence-corrected chi connectivity index (χ4v) is 21.0. The normalized spacial score (nSPS) is 11.8. The van der Waals surface area contributed by atoms with Gasteiger partial charge in [-0.1, -0.05) is 303 Å². The van der Waals surface area contributed by atoms with Gasteiger partial charge in [0.25, 0.3) is 0 Å². The van der Waals surface area contributed by atoms with E-state index in [1.807, 2.05) is 99.9 Å². The summed E-state index contributed by atoms with van der Waals surface area (Å²) in [4.78, 5) is 30.9. The van der Waals surface area contributed by atoms with Crippen molar-refractivity contribution in [3.63, 3.8) is 0 Å². The Balaban J connectivity index is 0.571. The molecule has 22 aromatic rings. The minimum Gasteiger partial charge on any atom is -0.208 e. The first-order valence-corrected chi connectivity index (χ1v) is 40.7. The first-order valence-electron chi connectivity index (χ1n) is 37.4. The summed E-state index contributed by atoms with van der Waals surface area (Å²) in [6.45, 7) is 0. The van der Waals surface area contributed by atoms with Gasteiger partial charge in [-0.05, 0) is 133 Å². The van der Waals surface area contributed by atoms with Gasteiger partial charge in [0.15, 0.2) is 34.9 Å². The molecule has 6 nitrogen and oxygen atoms in total. The summed E-state index contributed by atoms with van der Waals surface area (Å²) in [5, 5.41) is 9.98. The zero-order valence-electron chi connectivity index (χ0n) is 60.0. The molecule has 16 aromatic carbocycles. The maximum Gasteiger partial charge on any atom is 0.164 e. The van der Waals surface area contributed by atoms with Crippen molar-refractivity contribution in [1.82, 2.24) is 29.9 Å². The van der Waals surface area contributed by atoms with Crippen LogP contribution in [0.3, 0.4) is 0 Å². The number of nitrogens with zero attached hydrogens (tertiary/aromatic N) is 6. The first kappa shape index (κ1) is 65.5. The van der Waals surface area contributed by atoms with E-state index in [4.69, 9.17) is 29.9 Å². The lowest BCUT2D eigenvalue weighted by molar-refractivity contribution is 1.07. The number of hydrogen-bond acceptors (Lipinski definition) is 10. The molecule has 0 unspecified atom stereocenters. The number of benzene rings is 16. The molecule has 0 spiro atoms. The average Bonchev–Trinajstić information content (AvgIpc) is 1.58. The van der Waals surface area contributed by atoms with Crippen molar-refractivity contribution in [3.05, 3.63) is 364 Å². The third-order valence-corrected chi connectivity index (χ3v) is 26.3. The summed E-state index contributed by atoms with van der Waals surface area (Å²) in [5.41, 5.74) is 22.1. The molecule has 522 valence electrons. The third-order valence-electron chi connectivity index (χ3n) is 21.6. The van der Waals surface area contributed by atoms with Gasteiger partial charge in [0.2, 0.25) is 0 Å². The van der Waals surface area contributed by atoms with Crippen molar-refractivity contribution in [3.8, 4) is 146 Å². The Morgan fingerprint density at radius 3 is 0.991 bits per heavy atom. The van der Waals surface area contributed by atoms with Gasteiger partial charge in [-0.15, -0.1) is 45.3 Å². The minimum absolute atomic E-state index is 0.612. The Morgan fingerprint density at radius 1 is 0.143 bits per heavy atom. The van der Waals surface area contributed by atoms with Crippen molar-refractivity contribution in [2.75, 3.05) is 0 Å². The van der Waals surface area contributed by atoms with Crippen LogP contribution >= 0.6 is 45.3 Å². The molecule has 0 N–H and O–H groups in total. The second-order valence-corrected chi connectivity index (χ2v) is 32.6. The fourth-order valence-electron chi connectivity index (χ4n) is 16.1. The van der Waals surface area contributed by atoms with Crippen LogP contribution in [0.2, 0.25) is 0 Å². The number of thiophene rings is 4. The van der Waals surface area contributed by atoms with Crippen LogP contribution in [0.25, 0.3) is 227 Å². The van der Waals surface area contributed by atoms with E-state index < -0.39 is 0 Å². The fraction of sp³-hybridized carbons (Fsp3) is 0. The van der Waals surface area contributed by atoms with Gasteiger partial charge in [0, 0.05) is 120 Å². The summed E-state index contributed by atoms with van der Waals surface area (Å²) in [6, 6.07) is 131. The minimum atomic E-state index is 0.612. The molecular weight excluding hydrogens is 1440 g/mol. The molecule has 10 heteroatoms. The van der Waals surface area contributed by atoms with Gasteiger partial charge >= 0.3 is 0 Å². The SMILES string of the molecule is c1ccc(-c2cccc(-c3cc(-c4cccc5c4sc4cc(-c6nc(-c7ccccc7)nc(-c7cccc(-c8ccc(-c9ccc(-c%10cc(-c%11cccc%12c%11sc%11cc(-c%13nc(-c%14ccccc%14)nc(-c%14ccccc%14)n%13)ccc%11%12)cc%11sc%12ccccc%12c%10%11)cc9)cc8)c7)n6)ccc45)cc4c3sc3ccccc34)c2)cc1. The molecule has 0 atom stereocenters. The predicted molar refractivity (Wildman–Crippen MR) is 475 cm³/mol. The Morgan fingerprint density at radius 2 is 0.464 bits per heavy atom. The van der Waals surface area contributed by atoms with Crippen molar-refractivity contribution in [2.24, 2.45) is 0 Å². The molecule has 0 saturated carbocycles. The van der Waals surface area contributed by atoms with Crippen LogP contribution in [-0.2, 0) is 0 Å². The summed E-state index contributed by atoms with van der Waals surface area (Å²) in [7, 11) is 0. The predicted octanol–water partition coefficient (Wildman–Crippen LogP) is 29.2. The van der Waals surface area contributed by atoms with E-state index in [2.05, 4.69) is 309 Å². The highest BCUT2D eigenvalue weighted by atomic mass is 32.1. The van der Waals surface area contributed by atoms with Crippen molar-refractivity contribution in [1.29, 1.82) is 0 Å². The Bertz CT molecular complexity index is 7420. The van der Waals surface area contributed by atoms with E-state index in [0.717, 1.165) is 55.6 Å². The van der Waals surface area contributed by atoms with Crippen LogP contribution in [0, 0.1) is 0 Å². The summed E-state index contributed by atoms with van der Waals surface area (Å²) < 4.78 is 9.97. The summed E-state index contributed by atoms with van der Waals surface area (Å²) in [6.07, 6.45) is 0. The van der Waals surface area contributed by atoms with Gasteiger partial charge in [-0.2, -0.15) is 0 Å². The highest BCUT2D eigenvalue weighted by molar-refractivity contribution is 7.27. The zero-order valence-corrected chi connectivity index (χ0v) is 63.2. The molecule has 0 saturated heterocycles. The summed E-state index contributed by atoms with van der Waals surface area (Å²) in [5.74, 6) is 3.79. The molecule has 6 heterocycles. The van der Waals surface area contributed by atoms with Crippen molar-refractivity contribution >= 4 is 126 Å². The second kappa shape index (κ2) is 27.2.